The second-order valence-electron chi connectivity index (χ2n) is 5.36. The van der Waals surface area contributed by atoms with Crippen LogP contribution in [0.25, 0.3) is 0 Å². The Morgan fingerprint density at radius 1 is 1.14 bits per heavy atom. The molecule has 3 N–H and O–H groups in total. The predicted molar refractivity (Wildman–Crippen MR) is 77.0 cm³/mol. The maximum atomic E-state index is 12.1. The molecule has 1 saturated carbocycles. The average molecular weight is 312 g/mol. The second kappa shape index (κ2) is 7.02. The van der Waals surface area contributed by atoms with Gasteiger partial charge in [-0.15, -0.1) is 0 Å². The van der Waals surface area contributed by atoms with Crippen molar-refractivity contribution >= 4 is 15.9 Å². The lowest BCUT2D eigenvalue weighted by Gasteiger charge is -2.27. The third-order valence-corrected chi connectivity index (χ3v) is 5.38. The molecule has 0 radical (unpaired) electrons. The van der Waals surface area contributed by atoms with Gasteiger partial charge in [-0.1, -0.05) is 18.2 Å². The first-order valence-electron chi connectivity index (χ1n) is 7.01. The summed E-state index contributed by atoms with van der Waals surface area (Å²) in [6.07, 6.45) is 2.89. The minimum absolute atomic E-state index is 0.169. The van der Waals surface area contributed by atoms with Crippen LogP contribution in [0, 0.1) is 11.8 Å². The molecular weight excluding hydrogens is 292 g/mol. The lowest BCUT2D eigenvalue weighted by molar-refractivity contribution is -0.134. The SMILES string of the molecule is O=C(NO)C1CCC(CNS(=O)(=O)c2ccccc2)CC1. The smallest absolute Gasteiger partial charge is 0.246 e. The highest BCUT2D eigenvalue weighted by molar-refractivity contribution is 7.89. The van der Waals surface area contributed by atoms with Crippen molar-refractivity contribution in [3.63, 3.8) is 0 Å². The van der Waals surface area contributed by atoms with E-state index >= 15 is 0 Å². The molecule has 0 aromatic heterocycles. The number of rotatable bonds is 5. The molecular formula is C14H20N2O4S. The zero-order valence-electron chi connectivity index (χ0n) is 11.7. The van der Waals surface area contributed by atoms with Crippen molar-refractivity contribution in [3.8, 4) is 0 Å². The van der Waals surface area contributed by atoms with Gasteiger partial charge in [0.1, 0.15) is 0 Å². The molecule has 1 fully saturated rings. The molecule has 7 heteroatoms. The van der Waals surface area contributed by atoms with Crippen molar-refractivity contribution in [1.29, 1.82) is 0 Å². The monoisotopic (exact) mass is 312 g/mol. The van der Waals surface area contributed by atoms with Crippen molar-refractivity contribution < 1.29 is 18.4 Å². The van der Waals surface area contributed by atoms with E-state index in [4.69, 9.17) is 5.21 Å². The third-order valence-electron chi connectivity index (χ3n) is 3.94. The van der Waals surface area contributed by atoms with E-state index in [0.29, 0.717) is 19.4 Å². The van der Waals surface area contributed by atoms with Gasteiger partial charge in [0.2, 0.25) is 15.9 Å². The molecule has 1 aliphatic carbocycles. The quantitative estimate of drug-likeness (QED) is 0.564. The number of sulfonamides is 1. The van der Waals surface area contributed by atoms with Gasteiger partial charge in [0.05, 0.1) is 4.90 Å². The Hall–Kier alpha value is -1.44. The van der Waals surface area contributed by atoms with Crippen molar-refractivity contribution in [2.24, 2.45) is 11.8 Å². The number of carbonyl (C=O) groups is 1. The number of nitrogens with one attached hydrogen (secondary N) is 2. The Balaban J connectivity index is 1.84. The standard InChI is InChI=1S/C14H20N2O4S/c17-14(16-18)12-8-6-11(7-9-12)10-15-21(19,20)13-4-2-1-3-5-13/h1-5,11-12,15,18H,6-10H2,(H,16,17). The topological polar surface area (TPSA) is 95.5 Å². The van der Waals surface area contributed by atoms with Gasteiger partial charge in [0, 0.05) is 12.5 Å². The van der Waals surface area contributed by atoms with Crippen LogP contribution >= 0.6 is 0 Å². The Kier molecular flexibility index (Phi) is 5.33. The molecule has 0 bridgehead atoms. The fraction of sp³-hybridized carbons (Fsp3) is 0.500. The van der Waals surface area contributed by atoms with E-state index in [1.807, 2.05) is 0 Å². The summed E-state index contributed by atoms with van der Waals surface area (Å²) in [5.41, 5.74) is 1.68. The van der Waals surface area contributed by atoms with E-state index in [1.54, 1.807) is 35.8 Å². The molecule has 2 rings (SSSR count). The Bertz CT molecular complexity index is 566. The Morgan fingerprint density at radius 2 is 1.76 bits per heavy atom. The Labute approximate surface area is 124 Å². The number of hydroxylamine groups is 1. The highest BCUT2D eigenvalue weighted by Gasteiger charge is 2.27. The summed E-state index contributed by atoms with van der Waals surface area (Å²) in [6, 6.07) is 8.27. The van der Waals surface area contributed by atoms with Crippen LogP contribution in [0.1, 0.15) is 25.7 Å². The number of hydrogen-bond donors (Lipinski definition) is 3. The highest BCUT2D eigenvalue weighted by atomic mass is 32.2. The summed E-state index contributed by atoms with van der Waals surface area (Å²) < 4.78 is 26.8. The summed E-state index contributed by atoms with van der Waals surface area (Å²) in [5, 5.41) is 8.60. The maximum absolute atomic E-state index is 12.1. The van der Waals surface area contributed by atoms with Gasteiger partial charge >= 0.3 is 0 Å². The molecule has 0 aliphatic heterocycles. The molecule has 116 valence electrons. The molecule has 21 heavy (non-hydrogen) atoms. The fourth-order valence-corrected chi connectivity index (χ4v) is 3.77. The predicted octanol–water partition coefficient (Wildman–Crippen LogP) is 1.28. The molecule has 0 atom stereocenters. The summed E-state index contributed by atoms with van der Waals surface area (Å²) in [7, 11) is -3.46. The van der Waals surface area contributed by atoms with Crippen LogP contribution in [0.3, 0.4) is 0 Å². The molecule has 0 spiro atoms. The second-order valence-corrected chi connectivity index (χ2v) is 7.13. The lowest BCUT2D eigenvalue weighted by atomic mass is 9.82. The zero-order valence-corrected chi connectivity index (χ0v) is 12.5. The lowest BCUT2D eigenvalue weighted by Crippen LogP contribution is -2.35. The summed E-state index contributed by atoms with van der Waals surface area (Å²) >= 11 is 0. The average Bonchev–Trinajstić information content (AvgIpc) is 2.53. The molecule has 0 heterocycles. The minimum atomic E-state index is -3.46. The van der Waals surface area contributed by atoms with Gasteiger partial charge < -0.3 is 0 Å². The van der Waals surface area contributed by atoms with Crippen molar-refractivity contribution in [2.75, 3.05) is 6.54 Å². The number of amides is 1. The first-order chi connectivity index (χ1) is 10.0. The normalized spacial score (nSPS) is 22.7. The fourth-order valence-electron chi connectivity index (χ4n) is 2.63. The molecule has 1 aromatic rings. The minimum Gasteiger partial charge on any atom is -0.289 e. The molecule has 0 unspecified atom stereocenters. The van der Waals surface area contributed by atoms with E-state index in [0.717, 1.165) is 12.8 Å². The first-order valence-corrected chi connectivity index (χ1v) is 8.50. The molecule has 1 aromatic carbocycles. The number of benzene rings is 1. The number of hydrogen-bond acceptors (Lipinski definition) is 4. The van der Waals surface area contributed by atoms with Gasteiger partial charge in [-0.2, -0.15) is 0 Å². The van der Waals surface area contributed by atoms with Gasteiger partial charge in [-0.25, -0.2) is 18.6 Å². The zero-order chi connectivity index (χ0) is 15.3. The van der Waals surface area contributed by atoms with Crippen LogP contribution in [0.2, 0.25) is 0 Å². The third kappa shape index (κ3) is 4.26. The summed E-state index contributed by atoms with van der Waals surface area (Å²) in [5.74, 6) is -0.290. The molecule has 0 saturated heterocycles. The van der Waals surface area contributed by atoms with Gasteiger partial charge in [-0.3, -0.25) is 10.0 Å². The van der Waals surface area contributed by atoms with Crippen LogP contribution < -0.4 is 10.2 Å². The van der Waals surface area contributed by atoms with E-state index < -0.39 is 10.0 Å². The Morgan fingerprint density at radius 3 is 2.33 bits per heavy atom. The van der Waals surface area contributed by atoms with Crippen LogP contribution in [0.15, 0.2) is 35.2 Å². The van der Waals surface area contributed by atoms with E-state index in [2.05, 4.69) is 4.72 Å². The van der Waals surface area contributed by atoms with Crippen molar-refractivity contribution in [2.45, 2.75) is 30.6 Å². The van der Waals surface area contributed by atoms with E-state index in [-0.39, 0.29) is 22.6 Å². The molecule has 1 aliphatic rings. The van der Waals surface area contributed by atoms with Crippen molar-refractivity contribution in [1.82, 2.24) is 10.2 Å². The van der Waals surface area contributed by atoms with Gasteiger partial charge in [0.25, 0.3) is 0 Å². The van der Waals surface area contributed by atoms with E-state index in [1.165, 1.54) is 0 Å². The van der Waals surface area contributed by atoms with Crippen LogP contribution in [-0.4, -0.2) is 26.1 Å². The van der Waals surface area contributed by atoms with Gasteiger partial charge in [0.15, 0.2) is 0 Å². The van der Waals surface area contributed by atoms with Crippen molar-refractivity contribution in [3.05, 3.63) is 30.3 Å². The van der Waals surface area contributed by atoms with Crippen LogP contribution in [0.4, 0.5) is 0 Å². The maximum Gasteiger partial charge on any atom is 0.246 e. The summed E-state index contributed by atoms with van der Waals surface area (Å²) in [6.45, 7) is 0.380. The molecule has 1 amide bonds. The van der Waals surface area contributed by atoms with Gasteiger partial charge in [-0.05, 0) is 43.7 Å². The largest absolute Gasteiger partial charge is 0.289 e. The highest BCUT2D eigenvalue weighted by Crippen LogP contribution is 2.28. The molecule has 6 nitrogen and oxygen atoms in total. The van der Waals surface area contributed by atoms with E-state index in [9.17, 15) is 13.2 Å². The van der Waals surface area contributed by atoms with Crippen LogP contribution in [0.5, 0.6) is 0 Å². The number of carbonyl (C=O) groups excluding carboxylic acids is 1. The first kappa shape index (κ1) is 15.9. The summed E-state index contributed by atoms with van der Waals surface area (Å²) in [4.78, 5) is 11.6. The van der Waals surface area contributed by atoms with Crippen LogP contribution in [-0.2, 0) is 14.8 Å².